The quantitative estimate of drug-likeness (QED) is 0.743. The molecule has 0 fully saturated rings. The highest BCUT2D eigenvalue weighted by Gasteiger charge is 2.13. The standard InChI is InChI=1S/C11H12ClFO2/c1-7(3-4-14)8-5-9(13)11(12)10(6-8)15-2/h4-7H,3H2,1-2H3. The number of benzene rings is 1. The molecule has 0 aliphatic rings. The fourth-order valence-corrected chi connectivity index (χ4v) is 1.48. The Morgan fingerprint density at radius 3 is 2.80 bits per heavy atom. The first kappa shape index (κ1) is 12.0. The zero-order valence-electron chi connectivity index (χ0n) is 8.59. The molecule has 2 nitrogen and oxygen atoms in total. The lowest BCUT2D eigenvalue weighted by molar-refractivity contribution is -0.108. The molecular formula is C11H12ClFO2. The van der Waals surface area contributed by atoms with Crippen LogP contribution < -0.4 is 4.74 Å². The van der Waals surface area contributed by atoms with Crippen LogP contribution in [0.15, 0.2) is 12.1 Å². The Balaban J connectivity index is 3.10. The lowest BCUT2D eigenvalue weighted by Gasteiger charge is -2.11. The molecule has 0 heterocycles. The summed E-state index contributed by atoms with van der Waals surface area (Å²) < 4.78 is 18.3. The smallest absolute Gasteiger partial charge is 0.145 e. The first-order valence-electron chi connectivity index (χ1n) is 4.56. The lowest BCUT2D eigenvalue weighted by atomic mass is 9.98. The minimum atomic E-state index is -0.524. The van der Waals surface area contributed by atoms with Gasteiger partial charge < -0.3 is 9.53 Å². The van der Waals surface area contributed by atoms with Crippen LogP contribution in [0.1, 0.15) is 24.8 Å². The third-order valence-corrected chi connectivity index (χ3v) is 2.62. The molecule has 0 saturated heterocycles. The minimum Gasteiger partial charge on any atom is -0.495 e. The van der Waals surface area contributed by atoms with Crippen molar-refractivity contribution in [2.24, 2.45) is 0 Å². The Bertz CT molecular complexity index is 366. The maximum Gasteiger partial charge on any atom is 0.145 e. The fourth-order valence-electron chi connectivity index (χ4n) is 1.30. The number of ether oxygens (including phenoxy) is 1. The molecule has 0 radical (unpaired) electrons. The van der Waals surface area contributed by atoms with Gasteiger partial charge in [0.05, 0.1) is 7.11 Å². The molecule has 1 atom stereocenters. The van der Waals surface area contributed by atoms with Crippen LogP contribution >= 0.6 is 11.6 Å². The molecule has 0 aliphatic heterocycles. The van der Waals surface area contributed by atoms with E-state index in [-0.39, 0.29) is 10.9 Å². The molecule has 1 aromatic rings. The number of rotatable bonds is 4. The van der Waals surface area contributed by atoms with E-state index in [0.29, 0.717) is 17.7 Å². The predicted octanol–water partition coefficient (Wildman–Crippen LogP) is 3.18. The van der Waals surface area contributed by atoms with Crippen LogP contribution in [0.3, 0.4) is 0 Å². The van der Waals surface area contributed by atoms with Crippen molar-refractivity contribution in [2.75, 3.05) is 7.11 Å². The number of methoxy groups -OCH3 is 1. The van der Waals surface area contributed by atoms with Gasteiger partial charge in [0.1, 0.15) is 22.9 Å². The fraction of sp³-hybridized carbons (Fsp3) is 0.364. The van der Waals surface area contributed by atoms with Crippen LogP contribution in [0, 0.1) is 5.82 Å². The lowest BCUT2D eigenvalue weighted by Crippen LogP contribution is -1.97. The summed E-state index contributed by atoms with van der Waals surface area (Å²) in [7, 11) is 1.43. The van der Waals surface area contributed by atoms with Crippen molar-refractivity contribution in [3.63, 3.8) is 0 Å². The molecule has 0 amide bonds. The summed E-state index contributed by atoms with van der Waals surface area (Å²) in [4.78, 5) is 10.3. The second kappa shape index (κ2) is 5.12. The van der Waals surface area contributed by atoms with Gasteiger partial charge in [-0.25, -0.2) is 4.39 Å². The average molecular weight is 231 g/mol. The highest BCUT2D eigenvalue weighted by Crippen LogP contribution is 2.32. The average Bonchev–Trinajstić information content (AvgIpc) is 2.22. The Morgan fingerprint density at radius 2 is 2.27 bits per heavy atom. The Morgan fingerprint density at radius 1 is 1.60 bits per heavy atom. The van der Waals surface area contributed by atoms with Crippen LogP contribution in [0.4, 0.5) is 4.39 Å². The van der Waals surface area contributed by atoms with Crippen LogP contribution in [0.5, 0.6) is 5.75 Å². The molecule has 1 unspecified atom stereocenters. The molecular weight excluding hydrogens is 219 g/mol. The van der Waals surface area contributed by atoms with E-state index in [4.69, 9.17) is 16.3 Å². The molecule has 4 heteroatoms. The maximum atomic E-state index is 13.3. The third-order valence-electron chi connectivity index (χ3n) is 2.26. The zero-order chi connectivity index (χ0) is 11.4. The van der Waals surface area contributed by atoms with Crippen LogP contribution in [0.2, 0.25) is 5.02 Å². The first-order valence-corrected chi connectivity index (χ1v) is 4.94. The highest BCUT2D eigenvalue weighted by atomic mass is 35.5. The monoisotopic (exact) mass is 230 g/mol. The molecule has 1 aromatic carbocycles. The molecule has 0 aromatic heterocycles. The molecule has 82 valence electrons. The third kappa shape index (κ3) is 2.69. The summed E-state index contributed by atoms with van der Waals surface area (Å²) in [6.45, 7) is 1.84. The Hall–Kier alpha value is -1.09. The van der Waals surface area contributed by atoms with Crippen LogP contribution in [-0.2, 0) is 4.79 Å². The number of hydrogen-bond donors (Lipinski definition) is 0. The summed E-state index contributed by atoms with van der Waals surface area (Å²) in [6, 6.07) is 2.98. The van der Waals surface area contributed by atoms with Gasteiger partial charge in [-0.1, -0.05) is 18.5 Å². The summed E-state index contributed by atoms with van der Waals surface area (Å²) >= 11 is 5.68. The van der Waals surface area contributed by atoms with Crippen molar-refractivity contribution in [1.29, 1.82) is 0 Å². The van der Waals surface area contributed by atoms with E-state index in [2.05, 4.69) is 0 Å². The van der Waals surface area contributed by atoms with Gasteiger partial charge >= 0.3 is 0 Å². The van der Waals surface area contributed by atoms with Crippen molar-refractivity contribution < 1.29 is 13.9 Å². The molecule has 0 saturated carbocycles. The van der Waals surface area contributed by atoms with Crippen molar-refractivity contribution in [1.82, 2.24) is 0 Å². The number of carbonyl (C=O) groups excluding carboxylic acids is 1. The largest absolute Gasteiger partial charge is 0.495 e. The highest BCUT2D eigenvalue weighted by molar-refractivity contribution is 6.32. The summed E-state index contributed by atoms with van der Waals surface area (Å²) in [5.41, 5.74) is 0.709. The molecule has 15 heavy (non-hydrogen) atoms. The van der Waals surface area contributed by atoms with Gasteiger partial charge in [-0.2, -0.15) is 0 Å². The minimum absolute atomic E-state index is 0.0282. The summed E-state index contributed by atoms with van der Waals surface area (Å²) in [5, 5.41) is -0.0282. The maximum absolute atomic E-state index is 13.3. The van der Waals surface area contributed by atoms with Crippen LogP contribution in [-0.4, -0.2) is 13.4 Å². The SMILES string of the molecule is COc1cc(C(C)CC=O)cc(F)c1Cl. The van der Waals surface area contributed by atoms with E-state index in [1.165, 1.54) is 13.2 Å². The van der Waals surface area contributed by atoms with Crippen molar-refractivity contribution in [3.05, 3.63) is 28.5 Å². The topological polar surface area (TPSA) is 26.3 Å². The van der Waals surface area contributed by atoms with E-state index in [9.17, 15) is 9.18 Å². The summed E-state index contributed by atoms with van der Waals surface area (Å²) in [6.07, 6.45) is 1.16. The van der Waals surface area contributed by atoms with Gasteiger partial charge in [-0.15, -0.1) is 0 Å². The van der Waals surface area contributed by atoms with Gasteiger partial charge in [0.2, 0.25) is 0 Å². The van der Waals surface area contributed by atoms with Gasteiger partial charge in [0, 0.05) is 6.42 Å². The van der Waals surface area contributed by atoms with Crippen molar-refractivity contribution in [3.8, 4) is 5.75 Å². The second-order valence-corrected chi connectivity index (χ2v) is 3.70. The van der Waals surface area contributed by atoms with E-state index in [1.807, 2.05) is 6.92 Å². The Kier molecular flexibility index (Phi) is 4.09. The van der Waals surface area contributed by atoms with Crippen molar-refractivity contribution in [2.45, 2.75) is 19.3 Å². The van der Waals surface area contributed by atoms with E-state index >= 15 is 0 Å². The van der Waals surface area contributed by atoms with E-state index in [0.717, 1.165) is 6.29 Å². The molecule has 0 aliphatic carbocycles. The van der Waals surface area contributed by atoms with Crippen molar-refractivity contribution >= 4 is 17.9 Å². The second-order valence-electron chi connectivity index (χ2n) is 3.32. The van der Waals surface area contributed by atoms with E-state index in [1.54, 1.807) is 6.07 Å². The molecule has 0 spiro atoms. The predicted molar refractivity (Wildman–Crippen MR) is 57.1 cm³/mol. The summed E-state index contributed by atoms with van der Waals surface area (Å²) in [5.74, 6) is -0.267. The number of carbonyl (C=O) groups is 1. The molecule has 0 bridgehead atoms. The Labute approximate surface area is 93.0 Å². The van der Waals surface area contributed by atoms with Gasteiger partial charge in [-0.05, 0) is 23.6 Å². The number of hydrogen-bond acceptors (Lipinski definition) is 2. The van der Waals surface area contributed by atoms with Gasteiger partial charge in [-0.3, -0.25) is 0 Å². The normalized spacial score (nSPS) is 12.3. The molecule has 1 rings (SSSR count). The first-order chi connectivity index (χ1) is 7.10. The molecule has 0 N–H and O–H groups in total. The number of aldehydes is 1. The van der Waals surface area contributed by atoms with Crippen LogP contribution in [0.25, 0.3) is 0 Å². The zero-order valence-corrected chi connectivity index (χ0v) is 9.34. The van der Waals surface area contributed by atoms with Gasteiger partial charge in [0.15, 0.2) is 0 Å². The van der Waals surface area contributed by atoms with E-state index < -0.39 is 5.82 Å². The number of halogens is 2. The van der Waals surface area contributed by atoms with Gasteiger partial charge in [0.25, 0.3) is 0 Å².